The van der Waals surface area contributed by atoms with Crippen LogP contribution in [0, 0.1) is 6.92 Å². The van der Waals surface area contributed by atoms with Crippen LogP contribution in [0.5, 0.6) is 5.88 Å². The molecule has 1 amide bonds. The van der Waals surface area contributed by atoms with Crippen LogP contribution in [0.25, 0.3) is 0 Å². The zero-order valence-corrected chi connectivity index (χ0v) is 10.3. The highest BCUT2D eigenvalue weighted by Crippen LogP contribution is 2.23. The van der Waals surface area contributed by atoms with Crippen molar-refractivity contribution in [2.75, 3.05) is 6.61 Å². The molecule has 0 aliphatic rings. The smallest absolute Gasteiger partial charge is 0.258 e. The molecular formula is C11H17N3O4. The molecule has 1 aromatic rings. The summed E-state index contributed by atoms with van der Waals surface area (Å²) in [5.41, 5.74) is 10.4. The van der Waals surface area contributed by atoms with Crippen LogP contribution in [0.4, 0.5) is 0 Å². The Morgan fingerprint density at radius 2 is 2.06 bits per heavy atom. The van der Waals surface area contributed by atoms with Gasteiger partial charge >= 0.3 is 0 Å². The number of nitrogens with two attached hydrogens (primary N) is 2. The second-order valence-electron chi connectivity index (χ2n) is 3.94. The lowest BCUT2D eigenvalue weighted by Gasteiger charge is -2.18. The maximum atomic E-state index is 12.1. The van der Waals surface area contributed by atoms with Gasteiger partial charge < -0.3 is 21.7 Å². The summed E-state index contributed by atoms with van der Waals surface area (Å²) in [5, 5.41) is 18.9. The zero-order valence-electron chi connectivity index (χ0n) is 10.3. The molecule has 1 unspecified atom stereocenters. The third-order valence-corrected chi connectivity index (χ3v) is 2.86. The zero-order chi connectivity index (χ0) is 14.0. The minimum Gasteiger partial charge on any atom is -0.494 e. The van der Waals surface area contributed by atoms with E-state index in [9.17, 15) is 14.7 Å². The monoisotopic (exact) mass is 255 g/mol. The summed E-state index contributed by atoms with van der Waals surface area (Å²) >= 11 is 0. The molecule has 0 aromatic carbocycles. The van der Waals surface area contributed by atoms with Crippen LogP contribution in [0.1, 0.15) is 34.5 Å². The van der Waals surface area contributed by atoms with Crippen molar-refractivity contribution in [3.63, 3.8) is 0 Å². The van der Waals surface area contributed by atoms with Gasteiger partial charge in [-0.1, -0.05) is 0 Å². The molecule has 0 spiro atoms. The second kappa shape index (κ2) is 5.19. The molecule has 18 heavy (non-hydrogen) atoms. The summed E-state index contributed by atoms with van der Waals surface area (Å²) in [6.45, 7) is 2.82. The molecule has 0 fully saturated rings. The predicted molar refractivity (Wildman–Crippen MR) is 65.3 cm³/mol. The Balaban J connectivity index is 3.78. The number of nitrogens with zero attached hydrogens (tertiary/aromatic N) is 1. The summed E-state index contributed by atoms with van der Waals surface area (Å²) in [4.78, 5) is 23.4. The van der Waals surface area contributed by atoms with E-state index in [0.29, 0.717) is 0 Å². The quantitative estimate of drug-likeness (QED) is 0.546. The number of primary amides is 1. The third kappa shape index (κ3) is 2.09. The largest absolute Gasteiger partial charge is 0.494 e. The normalized spacial score (nSPS) is 12.4. The summed E-state index contributed by atoms with van der Waals surface area (Å²) in [6, 6.07) is -0.922. The first-order valence-electron chi connectivity index (χ1n) is 5.49. The highest BCUT2D eigenvalue weighted by atomic mass is 16.3. The Labute approximate surface area is 104 Å². The van der Waals surface area contributed by atoms with Crippen molar-refractivity contribution >= 4 is 5.91 Å². The minimum atomic E-state index is -0.922. The lowest BCUT2D eigenvalue weighted by atomic mass is 9.99. The number of pyridine rings is 1. The van der Waals surface area contributed by atoms with Gasteiger partial charge in [0.25, 0.3) is 11.5 Å². The lowest BCUT2D eigenvalue weighted by Crippen LogP contribution is -2.33. The number of aliphatic hydroxyl groups excluding tert-OH is 1. The maximum absolute atomic E-state index is 12.1. The molecule has 1 atom stereocenters. The van der Waals surface area contributed by atoms with Gasteiger partial charge in [-0.3, -0.25) is 14.2 Å². The number of aliphatic hydroxyl groups is 1. The van der Waals surface area contributed by atoms with Gasteiger partial charge in [-0.05, 0) is 19.4 Å². The number of amides is 1. The van der Waals surface area contributed by atoms with Gasteiger partial charge in [0, 0.05) is 12.1 Å². The Hall–Kier alpha value is -1.86. The minimum absolute atomic E-state index is 0.0888. The van der Waals surface area contributed by atoms with Crippen molar-refractivity contribution in [2.45, 2.75) is 26.4 Å². The van der Waals surface area contributed by atoms with Gasteiger partial charge in [0.2, 0.25) is 5.88 Å². The van der Waals surface area contributed by atoms with E-state index in [1.54, 1.807) is 6.92 Å². The van der Waals surface area contributed by atoms with E-state index in [-0.39, 0.29) is 23.2 Å². The van der Waals surface area contributed by atoms with Crippen LogP contribution >= 0.6 is 0 Å². The fourth-order valence-corrected chi connectivity index (χ4v) is 1.96. The molecule has 1 aromatic heterocycles. The van der Waals surface area contributed by atoms with Crippen molar-refractivity contribution in [3.8, 4) is 5.88 Å². The molecule has 1 rings (SSSR count). The molecule has 0 bridgehead atoms. The first kappa shape index (κ1) is 14.2. The molecule has 7 nitrogen and oxygen atoms in total. The van der Waals surface area contributed by atoms with Gasteiger partial charge in [0.1, 0.15) is 5.56 Å². The second-order valence-corrected chi connectivity index (χ2v) is 3.94. The van der Waals surface area contributed by atoms with E-state index in [1.165, 1.54) is 6.92 Å². The van der Waals surface area contributed by atoms with Crippen molar-refractivity contribution in [3.05, 3.63) is 27.0 Å². The Kier molecular flexibility index (Phi) is 4.10. The van der Waals surface area contributed by atoms with Crippen LogP contribution < -0.4 is 17.0 Å². The molecule has 100 valence electrons. The predicted octanol–water partition coefficient (Wildman–Crippen LogP) is -1.03. The van der Waals surface area contributed by atoms with E-state index in [1.807, 2.05) is 0 Å². The van der Waals surface area contributed by atoms with Crippen LogP contribution in [-0.4, -0.2) is 27.3 Å². The fourth-order valence-electron chi connectivity index (χ4n) is 1.96. The van der Waals surface area contributed by atoms with Crippen LogP contribution in [-0.2, 0) is 6.54 Å². The van der Waals surface area contributed by atoms with E-state index in [2.05, 4.69) is 0 Å². The van der Waals surface area contributed by atoms with E-state index < -0.39 is 30.0 Å². The molecule has 0 aliphatic heterocycles. The number of hydrogen-bond acceptors (Lipinski definition) is 5. The Morgan fingerprint density at radius 1 is 1.50 bits per heavy atom. The fraction of sp³-hybridized carbons (Fsp3) is 0.455. The molecule has 6 N–H and O–H groups in total. The molecular weight excluding hydrogens is 238 g/mol. The topological polar surface area (TPSA) is 132 Å². The SMILES string of the molecule is CCn1c(O)c(C(N)=O)c(C)c(C(N)CO)c1=O. The van der Waals surface area contributed by atoms with Crippen molar-refractivity contribution in [1.29, 1.82) is 0 Å². The third-order valence-electron chi connectivity index (χ3n) is 2.86. The molecule has 7 heteroatoms. The van der Waals surface area contributed by atoms with Crippen LogP contribution in [0.15, 0.2) is 4.79 Å². The van der Waals surface area contributed by atoms with Crippen molar-refractivity contribution < 1.29 is 15.0 Å². The summed E-state index contributed by atoms with van der Waals surface area (Å²) < 4.78 is 0.998. The average molecular weight is 255 g/mol. The first-order valence-corrected chi connectivity index (χ1v) is 5.49. The van der Waals surface area contributed by atoms with Crippen molar-refractivity contribution in [1.82, 2.24) is 4.57 Å². The van der Waals surface area contributed by atoms with E-state index >= 15 is 0 Å². The van der Waals surface area contributed by atoms with Crippen molar-refractivity contribution in [2.24, 2.45) is 11.5 Å². The average Bonchev–Trinajstić information content (AvgIpc) is 2.28. The summed E-state index contributed by atoms with van der Waals surface area (Å²) in [5.74, 6) is -1.32. The Morgan fingerprint density at radius 3 is 2.44 bits per heavy atom. The molecule has 0 saturated carbocycles. The summed E-state index contributed by atoms with van der Waals surface area (Å²) in [6.07, 6.45) is 0. The highest BCUT2D eigenvalue weighted by molar-refractivity contribution is 5.96. The number of carbonyl (C=O) groups excluding carboxylic acids is 1. The van der Waals surface area contributed by atoms with Crippen LogP contribution in [0.2, 0.25) is 0 Å². The summed E-state index contributed by atoms with van der Waals surface area (Å²) in [7, 11) is 0. The first-order chi connectivity index (χ1) is 8.36. The van der Waals surface area contributed by atoms with Gasteiger partial charge in [-0.25, -0.2) is 0 Å². The van der Waals surface area contributed by atoms with E-state index in [4.69, 9.17) is 16.6 Å². The molecule has 0 saturated heterocycles. The van der Waals surface area contributed by atoms with Gasteiger partial charge in [0.15, 0.2) is 0 Å². The van der Waals surface area contributed by atoms with Gasteiger partial charge in [-0.15, -0.1) is 0 Å². The maximum Gasteiger partial charge on any atom is 0.258 e. The standard InChI is InChI=1S/C11H17N3O4/c1-3-14-10(17)7(6(12)4-15)5(2)8(9(13)16)11(14)18/h6,15,18H,3-4,12H2,1-2H3,(H2,13,16). The number of hydrogen-bond donors (Lipinski definition) is 4. The van der Waals surface area contributed by atoms with Gasteiger partial charge in [-0.2, -0.15) is 0 Å². The molecule has 1 heterocycles. The Bertz CT molecular complexity index is 536. The highest BCUT2D eigenvalue weighted by Gasteiger charge is 2.24. The lowest BCUT2D eigenvalue weighted by molar-refractivity contribution is 0.0995. The van der Waals surface area contributed by atoms with Gasteiger partial charge in [0.05, 0.1) is 12.6 Å². The molecule has 0 aliphatic carbocycles. The number of carbonyl (C=O) groups is 1. The number of rotatable bonds is 4. The van der Waals surface area contributed by atoms with E-state index in [0.717, 1.165) is 4.57 Å². The van der Waals surface area contributed by atoms with Crippen LogP contribution in [0.3, 0.4) is 0 Å². The number of aromatic nitrogens is 1. The molecule has 0 radical (unpaired) electrons. The number of aromatic hydroxyl groups is 1.